The van der Waals surface area contributed by atoms with Crippen molar-refractivity contribution in [3.8, 4) is 29.7 Å². The molecule has 1 saturated carbocycles. The fourth-order valence-electron chi connectivity index (χ4n) is 12.0. The zero-order valence-corrected chi connectivity index (χ0v) is 44.1. The molecule has 74 heavy (non-hydrogen) atoms. The summed E-state index contributed by atoms with van der Waals surface area (Å²) in [5, 5.41) is 40.1. The Bertz CT molecular complexity index is 2840. The lowest BCUT2D eigenvalue weighted by molar-refractivity contribution is -0.164. The number of nitrogens with zero attached hydrogens (tertiary/aromatic N) is 6. The van der Waals surface area contributed by atoms with E-state index in [1.54, 1.807) is 55.5 Å². The molecule has 1 aromatic heterocycles. The van der Waals surface area contributed by atoms with Gasteiger partial charge < -0.3 is 39.7 Å². The predicted molar refractivity (Wildman–Crippen MR) is 278 cm³/mol. The van der Waals surface area contributed by atoms with Crippen LogP contribution in [-0.2, 0) is 14.4 Å². The molecule has 0 spiro atoms. The molecular weight excluding hydrogens is 956 g/mol. The molecule has 3 saturated heterocycles. The Kier molecular flexibility index (Phi) is 16.2. The first kappa shape index (κ1) is 53.6. The van der Waals surface area contributed by atoms with Crippen LogP contribution in [0.1, 0.15) is 136 Å². The number of nitrogens with one attached hydrogen (secondary N) is 2. The number of hydrogen-bond acceptors (Lipinski definition) is 11. The van der Waals surface area contributed by atoms with Crippen molar-refractivity contribution >= 4 is 35.2 Å². The summed E-state index contributed by atoms with van der Waals surface area (Å²) in [5.74, 6) is 6.14. The number of aliphatic hydroxyl groups excluding tert-OH is 1. The standard InChI is InChI=1S/C58H67ClN8O7/c1-35(2)51(49-28-36(3)64-74-49)54(72)67-34-44(68)29-48(67)53(71)62-47(40-14-12-39(32-60)13-15-40)31-50(69)66-26-22-43(23-27-66)65-24-20-38(21-25-65)9-8-37-10-16-41(17-11-37)52(70)63-55-57(4,5)56(58(55,6)7)73-45-19-18-42(33-61)46(59)30-45/h10-19,28,30,35,38,43-44,47-48,51,55-56,68H,20-27,29,31,34H2,1-7H3,(H,62,71)(H,63,70). The molecule has 3 N–H and O–H groups in total. The number of hydrogen-bond donors (Lipinski definition) is 3. The molecule has 16 heteroatoms. The van der Waals surface area contributed by atoms with Crippen LogP contribution in [0.25, 0.3) is 0 Å². The quantitative estimate of drug-likeness (QED) is 0.111. The van der Waals surface area contributed by atoms with Crippen molar-refractivity contribution in [2.75, 3.05) is 32.7 Å². The molecule has 4 aliphatic rings. The SMILES string of the molecule is Cc1cc(C(C(=O)N2CC(O)CC2C(=O)NC(CC(=O)N2CCC(N3CCC(C#Cc4ccc(C(=O)NC5C(C)(C)C(Oc6ccc(C#N)c(Cl)c6)C5(C)C)cc4)CC3)CC2)c2ccc(C#N)cc2)C(C)C)on1. The van der Waals surface area contributed by atoms with E-state index < -0.39 is 30.0 Å². The van der Waals surface area contributed by atoms with Crippen molar-refractivity contribution in [3.63, 3.8) is 0 Å². The van der Waals surface area contributed by atoms with Crippen LogP contribution in [0.4, 0.5) is 0 Å². The van der Waals surface area contributed by atoms with Gasteiger partial charge in [-0.15, -0.1) is 0 Å². The van der Waals surface area contributed by atoms with E-state index in [0.29, 0.717) is 63.6 Å². The van der Waals surface area contributed by atoms with E-state index in [-0.39, 0.29) is 71.9 Å². The van der Waals surface area contributed by atoms with Crippen LogP contribution >= 0.6 is 11.6 Å². The van der Waals surface area contributed by atoms with E-state index in [0.717, 1.165) is 44.3 Å². The van der Waals surface area contributed by atoms with E-state index in [9.17, 15) is 34.8 Å². The summed E-state index contributed by atoms with van der Waals surface area (Å²) in [7, 11) is 0. The third-order valence-electron chi connectivity index (χ3n) is 15.7. The zero-order chi connectivity index (χ0) is 53.1. The highest BCUT2D eigenvalue weighted by molar-refractivity contribution is 6.31. The number of carbonyl (C=O) groups excluding carboxylic acids is 4. The van der Waals surface area contributed by atoms with Crippen molar-refractivity contribution in [1.29, 1.82) is 10.5 Å². The van der Waals surface area contributed by atoms with Crippen molar-refractivity contribution in [2.24, 2.45) is 22.7 Å². The number of aromatic nitrogens is 1. The minimum Gasteiger partial charge on any atom is -0.489 e. The van der Waals surface area contributed by atoms with Crippen molar-refractivity contribution in [2.45, 2.75) is 129 Å². The molecule has 1 aliphatic carbocycles. The van der Waals surface area contributed by atoms with Crippen LogP contribution in [0.5, 0.6) is 5.75 Å². The molecular formula is C58H67ClN8O7. The van der Waals surface area contributed by atoms with E-state index in [2.05, 4.69) is 72.4 Å². The molecule has 4 aromatic rings. The van der Waals surface area contributed by atoms with E-state index in [1.165, 1.54) is 4.90 Å². The highest BCUT2D eigenvalue weighted by Gasteiger charge is 2.64. The third-order valence-corrected chi connectivity index (χ3v) is 16.1. The van der Waals surface area contributed by atoms with Crippen LogP contribution in [-0.4, -0.2) is 112 Å². The maximum atomic E-state index is 14.2. The van der Waals surface area contributed by atoms with Gasteiger partial charge in [-0.05, 0) is 106 Å². The number of β-amino-alcohol motifs (C(OH)–C–C–N with tert-alkyl or cyclic N) is 1. The fraction of sp³-hybridized carbons (Fsp3) is 0.500. The van der Waals surface area contributed by atoms with Crippen LogP contribution in [0.3, 0.4) is 0 Å². The lowest BCUT2D eigenvalue weighted by Gasteiger charge is -2.63. The first-order valence-electron chi connectivity index (χ1n) is 25.8. The van der Waals surface area contributed by atoms with Crippen molar-refractivity contribution in [3.05, 3.63) is 117 Å². The molecule has 4 amide bonds. The molecule has 0 radical (unpaired) electrons. The van der Waals surface area contributed by atoms with Crippen LogP contribution in [0.2, 0.25) is 5.02 Å². The van der Waals surface area contributed by atoms with Gasteiger partial charge in [-0.25, -0.2) is 0 Å². The topological polar surface area (TPSA) is 205 Å². The Balaban J connectivity index is 0.810. The van der Waals surface area contributed by atoms with Gasteiger partial charge in [-0.2, -0.15) is 10.5 Å². The van der Waals surface area contributed by atoms with E-state index in [4.69, 9.17) is 20.9 Å². The van der Waals surface area contributed by atoms with Crippen LogP contribution < -0.4 is 15.4 Å². The van der Waals surface area contributed by atoms with Gasteiger partial charge in [0, 0.05) is 78.1 Å². The van der Waals surface area contributed by atoms with Gasteiger partial charge in [0.25, 0.3) is 5.91 Å². The molecule has 3 aromatic carbocycles. The molecule has 0 bridgehead atoms. The van der Waals surface area contributed by atoms with Crippen LogP contribution in [0.15, 0.2) is 77.3 Å². The first-order chi connectivity index (χ1) is 35.3. The van der Waals surface area contributed by atoms with Crippen molar-refractivity contribution < 1.29 is 33.5 Å². The number of ether oxygens (including phenoxy) is 1. The monoisotopic (exact) mass is 1020 g/mol. The number of piperidine rings is 2. The second kappa shape index (κ2) is 22.4. The lowest BCUT2D eigenvalue weighted by atomic mass is 9.49. The van der Waals surface area contributed by atoms with Crippen molar-refractivity contribution in [1.82, 2.24) is 30.5 Å². The number of benzene rings is 3. The third kappa shape index (κ3) is 11.6. The Morgan fingerprint density at radius 2 is 1.55 bits per heavy atom. The summed E-state index contributed by atoms with van der Waals surface area (Å²) in [6.45, 7) is 16.9. The summed E-state index contributed by atoms with van der Waals surface area (Å²) in [4.78, 5) is 61.6. The summed E-state index contributed by atoms with van der Waals surface area (Å²) < 4.78 is 11.9. The smallest absolute Gasteiger partial charge is 0.251 e. The number of rotatable bonds is 13. The minimum absolute atomic E-state index is 0.00919. The highest BCUT2D eigenvalue weighted by atomic mass is 35.5. The predicted octanol–water partition coefficient (Wildman–Crippen LogP) is 7.70. The maximum absolute atomic E-state index is 14.2. The molecule has 388 valence electrons. The maximum Gasteiger partial charge on any atom is 0.251 e. The Morgan fingerprint density at radius 1 is 0.892 bits per heavy atom. The van der Waals surface area contributed by atoms with E-state index >= 15 is 0 Å². The van der Waals surface area contributed by atoms with E-state index in [1.807, 2.05) is 43.0 Å². The van der Waals surface area contributed by atoms with Crippen LogP contribution in [0, 0.1) is 64.1 Å². The first-order valence-corrected chi connectivity index (χ1v) is 26.2. The number of aliphatic hydroxyl groups is 1. The normalized spacial score (nSPS) is 22.5. The molecule has 15 nitrogen and oxygen atoms in total. The van der Waals surface area contributed by atoms with Gasteiger partial charge in [0.2, 0.25) is 17.7 Å². The average Bonchev–Trinajstić information content (AvgIpc) is 4.01. The summed E-state index contributed by atoms with van der Waals surface area (Å²) in [5.41, 5.74) is 2.78. The highest BCUT2D eigenvalue weighted by Crippen LogP contribution is 2.55. The summed E-state index contributed by atoms with van der Waals surface area (Å²) in [6, 6.07) is 23.7. The summed E-state index contributed by atoms with van der Waals surface area (Å²) in [6.07, 6.45) is 2.47. The second-order valence-corrected chi connectivity index (χ2v) is 22.5. The van der Waals surface area contributed by atoms with Gasteiger partial charge >= 0.3 is 0 Å². The van der Waals surface area contributed by atoms with Gasteiger partial charge in [-0.3, -0.25) is 19.2 Å². The largest absolute Gasteiger partial charge is 0.489 e. The Hall–Kier alpha value is -6.70. The van der Waals surface area contributed by atoms with Gasteiger partial charge in [-0.1, -0.05) is 82.3 Å². The molecule has 4 heterocycles. The number of carbonyl (C=O) groups is 4. The minimum atomic E-state index is -0.962. The molecule has 4 unspecified atom stereocenters. The Morgan fingerprint density at radius 3 is 2.15 bits per heavy atom. The van der Waals surface area contributed by atoms with Gasteiger partial charge in [0.1, 0.15) is 35.6 Å². The van der Waals surface area contributed by atoms with Gasteiger partial charge in [0.15, 0.2) is 0 Å². The second-order valence-electron chi connectivity index (χ2n) is 22.1. The fourth-order valence-corrected chi connectivity index (χ4v) is 12.2. The number of halogens is 1. The molecule has 4 fully saturated rings. The Labute approximate surface area is 439 Å². The molecule has 4 atom stereocenters. The zero-order valence-electron chi connectivity index (χ0n) is 43.4. The number of amides is 4. The average molecular weight is 1020 g/mol. The summed E-state index contributed by atoms with van der Waals surface area (Å²) >= 11 is 6.27. The molecule has 8 rings (SSSR count). The number of nitriles is 2. The number of aryl methyl sites for hydroxylation is 1. The lowest BCUT2D eigenvalue weighted by Crippen LogP contribution is -2.74. The number of likely N-dealkylation sites (tertiary alicyclic amines) is 3. The van der Waals surface area contributed by atoms with Gasteiger partial charge in [0.05, 0.1) is 46.5 Å². The molecule has 3 aliphatic heterocycles.